The van der Waals surface area contributed by atoms with Gasteiger partial charge in [0.05, 0.1) is 10.7 Å². The first kappa shape index (κ1) is 10.4. The first-order valence-electron chi connectivity index (χ1n) is 5.08. The monoisotopic (exact) mass is 217 g/mol. The molecule has 0 bridgehead atoms. The molecular formula is C13H15NS. The number of hydrogen-bond donors (Lipinski definition) is 0. The maximum atomic E-state index is 4.53. The van der Waals surface area contributed by atoms with Gasteiger partial charge in [0.15, 0.2) is 0 Å². The summed E-state index contributed by atoms with van der Waals surface area (Å²) in [6.45, 7) is 8.50. The molecule has 1 aromatic carbocycles. The van der Waals surface area contributed by atoms with Gasteiger partial charge in [-0.15, -0.1) is 11.3 Å². The molecule has 0 radical (unpaired) electrons. The van der Waals surface area contributed by atoms with Crippen molar-refractivity contribution in [2.75, 3.05) is 0 Å². The van der Waals surface area contributed by atoms with Crippen LogP contribution >= 0.6 is 11.3 Å². The Morgan fingerprint density at radius 2 is 1.60 bits per heavy atom. The number of rotatable bonds is 1. The van der Waals surface area contributed by atoms with Gasteiger partial charge in [0.1, 0.15) is 0 Å². The lowest BCUT2D eigenvalue weighted by Gasteiger charge is -2.07. The zero-order chi connectivity index (χ0) is 11.0. The second-order valence-electron chi connectivity index (χ2n) is 4.00. The number of hydrogen-bond acceptors (Lipinski definition) is 2. The van der Waals surface area contributed by atoms with Crippen LogP contribution in [0.4, 0.5) is 0 Å². The molecule has 1 nitrogen and oxygen atoms in total. The summed E-state index contributed by atoms with van der Waals surface area (Å²) in [5.41, 5.74) is 6.37. The van der Waals surface area contributed by atoms with Crippen LogP contribution in [0.5, 0.6) is 0 Å². The van der Waals surface area contributed by atoms with Gasteiger partial charge in [-0.05, 0) is 50.5 Å². The van der Waals surface area contributed by atoms with E-state index in [9.17, 15) is 0 Å². The van der Waals surface area contributed by atoms with Crippen LogP contribution in [0.25, 0.3) is 11.3 Å². The molecule has 2 aromatic rings. The van der Waals surface area contributed by atoms with E-state index in [-0.39, 0.29) is 0 Å². The minimum absolute atomic E-state index is 1.11. The van der Waals surface area contributed by atoms with Gasteiger partial charge in [0.2, 0.25) is 0 Å². The summed E-state index contributed by atoms with van der Waals surface area (Å²) < 4.78 is 0. The van der Waals surface area contributed by atoms with Crippen LogP contribution in [-0.2, 0) is 0 Å². The van der Waals surface area contributed by atoms with Gasteiger partial charge in [-0.2, -0.15) is 0 Å². The Labute approximate surface area is 94.8 Å². The van der Waals surface area contributed by atoms with Gasteiger partial charge < -0.3 is 0 Å². The third kappa shape index (κ3) is 1.95. The van der Waals surface area contributed by atoms with Crippen LogP contribution in [0.2, 0.25) is 0 Å². The van der Waals surface area contributed by atoms with Crippen molar-refractivity contribution in [1.29, 1.82) is 0 Å². The van der Waals surface area contributed by atoms with Crippen LogP contribution in [0.1, 0.15) is 21.7 Å². The fourth-order valence-electron chi connectivity index (χ4n) is 1.72. The molecule has 0 amide bonds. The number of aryl methyl sites for hydroxylation is 4. The largest absolute Gasteiger partial charge is 0.242 e. The normalized spacial score (nSPS) is 10.7. The van der Waals surface area contributed by atoms with Crippen molar-refractivity contribution in [2.45, 2.75) is 27.7 Å². The first-order valence-corrected chi connectivity index (χ1v) is 5.96. The highest BCUT2D eigenvalue weighted by molar-refractivity contribution is 7.09. The average Bonchev–Trinajstić information content (AvgIpc) is 2.58. The first-order chi connectivity index (χ1) is 7.08. The molecule has 0 unspecified atom stereocenters. The molecule has 1 aromatic heterocycles. The molecule has 0 atom stereocenters. The fraction of sp³-hybridized carbons (Fsp3) is 0.308. The molecule has 0 saturated heterocycles. The highest BCUT2D eigenvalue weighted by atomic mass is 32.1. The standard InChI is InChI=1S/C13H15NS/c1-8-5-10(3)12(6-9(8)2)13-7-15-11(4)14-13/h5-7H,1-4H3. The van der Waals surface area contributed by atoms with Crippen molar-refractivity contribution in [3.05, 3.63) is 39.2 Å². The Hall–Kier alpha value is -1.15. The molecule has 0 N–H and O–H groups in total. The van der Waals surface area contributed by atoms with E-state index < -0.39 is 0 Å². The second kappa shape index (κ2) is 3.78. The predicted octanol–water partition coefficient (Wildman–Crippen LogP) is 4.04. The van der Waals surface area contributed by atoms with Crippen LogP contribution in [0, 0.1) is 27.7 Å². The number of benzene rings is 1. The van der Waals surface area contributed by atoms with Crippen molar-refractivity contribution in [1.82, 2.24) is 4.98 Å². The summed E-state index contributed by atoms with van der Waals surface area (Å²) >= 11 is 1.71. The molecule has 15 heavy (non-hydrogen) atoms. The molecular weight excluding hydrogens is 202 g/mol. The van der Waals surface area contributed by atoms with Crippen molar-refractivity contribution >= 4 is 11.3 Å². The van der Waals surface area contributed by atoms with Crippen molar-refractivity contribution in [2.24, 2.45) is 0 Å². The summed E-state index contributed by atoms with van der Waals surface area (Å²) in [6.07, 6.45) is 0. The van der Waals surface area contributed by atoms with Crippen LogP contribution < -0.4 is 0 Å². The zero-order valence-electron chi connectivity index (χ0n) is 9.59. The van der Waals surface area contributed by atoms with E-state index in [1.165, 1.54) is 22.3 Å². The van der Waals surface area contributed by atoms with Gasteiger partial charge in [0.25, 0.3) is 0 Å². The summed E-state index contributed by atoms with van der Waals surface area (Å²) in [6, 6.07) is 4.47. The third-order valence-corrected chi connectivity index (χ3v) is 3.51. The summed E-state index contributed by atoms with van der Waals surface area (Å²) in [5.74, 6) is 0. The molecule has 0 saturated carbocycles. The SMILES string of the molecule is Cc1nc(-c2cc(C)c(C)cc2C)cs1. The Morgan fingerprint density at radius 3 is 2.20 bits per heavy atom. The molecule has 2 rings (SSSR count). The molecule has 2 heteroatoms. The quantitative estimate of drug-likeness (QED) is 0.702. The van der Waals surface area contributed by atoms with E-state index in [1.807, 2.05) is 6.92 Å². The molecule has 0 aliphatic heterocycles. The summed E-state index contributed by atoms with van der Waals surface area (Å²) in [5, 5.41) is 3.26. The molecule has 0 aliphatic rings. The van der Waals surface area contributed by atoms with Gasteiger partial charge in [-0.3, -0.25) is 0 Å². The zero-order valence-corrected chi connectivity index (χ0v) is 10.4. The van der Waals surface area contributed by atoms with Crippen LogP contribution in [0.3, 0.4) is 0 Å². The van der Waals surface area contributed by atoms with E-state index in [0.717, 1.165) is 10.7 Å². The average molecular weight is 217 g/mol. The molecule has 0 aliphatic carbocycles. The second-order valence-corrected chi connectivity index (χ2v) is 5.07. The van der Waals surface area contributed by atoms with Gasteiger partial charge >= 0.3 is 0 Å². The highest BCUT2D eigenvalue weighted by Gasteiger charge is 2.07. The Bertz CT molecular complexity index is 497. The maximum absolute atomic E-state index is 4.53. The van der Waals surface area contributed by atoms with E-state index in [4.69, 9.17) is 0 Å². The van der Waals surface area contributed by atoms with Crippen LogP contribution in [0.15, 0.2) is 17.5 Å². The predicted molar refractivity (Wildman–Crippen MR) is 66.5 cm³/mol. The topological polar surface area (TPSA) is 12.9 Å². The van der Waals surface area contributed by atoms with Crippen molar-refractivity contribution < 1.29 is 0 Å². The van der Waals surface area contributed by atoms with Crippen LogP contribution in [-0.4, -0.2) is 4.98 Å². The fourth-order valence-corrected chi connectivity index (χ4v) is 2.34. The molecule has 0 spiro atoms. The Morgan fingerprint density at radius 1 is 0.933 bits per heavy atom. The number of aromatic nitrogens is 1. The van der Waals surface area contributed by atoms with E-state index in [0.29, 0.717) is 0 Å². The van der Waals surface area contributed by atoms with E-state index >= 15 is 0 Å². The number of thiazole rings is 1. The summed E-state index contributed by atoms with van der Waals surface area (Å²) in [7, 11) is 0. The molecule has 1 heterocycles. The Kier molecular flexibility index (Phi) is 2.61. The van der Waals surface area contributed by atoms with E-state index in [2.05, 4.69) is 43.3 Å². The van der Waals surface area contributed by atoms with Gasteiger partial charge in [0, 0.05) is 10.9 Å². The smallest absolute Gasteiger partial charge is 0.0901 e. The van der Waals surface area contributed by atoms with E-state index in [1.54, 1.807) is 11.3 Å². The lowest BCUT2D eigenvalue weighted by Crippen LogP contribution is -1.88. The lowest BCUT2D eigenvalue weighted by atomic mass is 9.99. The molecule has 78 valence electrons. The van der Waals surface area contributed by atoms with Gasteiger partial charge in [-0.1, -0.05) is 6.07 Å². The Balaban J connectivity index is 2.58. The maximum Gasteiger partial charge on any atom is 0.0901 e. The molecule has 0 fully saturated rings. The third-order valence-electron chi connectivity index (χ3n) is 2.74. The minimum atomic E-state index is 1.11. The van der Waals surface area contributed by atoms with Crippen molar-refractivity contribution in [3.8, 4) is 11.3 Å². The summed E-state index contributed by atoms with van der Waals surface area (Å²) in [4.78, 5) is 4.53. The minimum Gasteiger partial charge on any atom is -0.242 e. The lowest BCUT2D eigenvalue weighted by molar-refractivity contribution is 1.26. The highest BCUT2D eigenvalue weighted by Crippen LogP contribution is 2.27. The van der Waals surface area contributed by atoms with Crippen molar-refractivity contribution in [3.63, 3.8) is 0 Å². The number of nitrogens with zero attached hydrogens (tertiary/aromatic N) is 1. The van der Waals surface area contributed by atoms with Gasteiger partial charge in [-0.25, -0.2) is 4.98 Å².